The minimum atomic E-state index is -0.390. The Kier molecular flexibility index (Phi) is 6.76. The number of ether oxygens (including phenoxy) is 2. The Morgan fingerprint density at radius 1 is 1.00 bits per heavy atom. The van der Waals surface area contributed by atoms with E-state index >= 15 is 0 Å². The third-order valence-corrected chi connectivity index (χ3v) is 5.56. The monoisotopic (exact) mass is 414 g/mol. The molecule has 0 saturated carbocycles. The molecule has 8 heteroatoms. The number of thioether (sulfide) groups is 1. The first-order valence-corrected chi connectivity index (χ1v) is 10.6. The van der Waals surface area contributed by atoms with Crippen LogP contribution in [-0.2, 0) is 11.3 Å². The molecule has 2 aromatic carbocycles. The Labute approximate surface area is 173 Å². The van der Waals surface area contributed by atoms with Gasteiger partial charge in [-0.3, -0.25) is 9.47 Å². The standard InChI is InChI=1S/C21H23FN4O2S/c22-18-8-4-5-9-19(18)28-16-20-23-24-21(26(20)17-6-2-1-3-7-17)29-15-12-25-10-13-27-14-11-25/h1-9H,10-16H2. The number of nitrogens with zero attached hydrogens (tertiary/aromatic N) is 4. The Morgan fingerprint density at radius 2 is 1.76 bits per heavy atom. The summed E-state index contributed by atoms with van der Waals surface area (Å²) in [5.41, 5.74) is 0.957. The molecule has 0 spiro atoms. The van der Waals surface area contributed by atoms with Crippen molar-refractivity contribution >= 4 is 11.8 Å². The molecule has 1 aromatic heterocycles. The zero-order valence-corrected chi connectivity index (χ0v) is 16.9. The number of halogens is 1. The van der Waals surface area contributed by atoms with Gasteiger partial charge in [0.05, 0.1) is 13.2 Å². The molecular formula is C21H23FN4O2S. The SMILES string of the molecule is Fc1ccccc1OCc1nnc(SCCN2CCOCC2)n1-c1ccccc1. The molecule has 2 heterocycles. The van der Waals surface area contributed by atoms with Crippen LogP contribution in [0, 0.1) is 5.82 Å². The van der Waals surface area contributed by atoms with Crippen molar-refractivity contribution in [1.82, 2.24) is 19.7 Å². The lowest BCUT2D eigenvalue weighted by molar-refractivity contribution is 0.0410. The minimum absolute atomic E-state index is 0.132. The van der Waals surface area contributed by atoms with Gasteiger partial charge in [0.15, 0.2) is 22.5 Å². The van der Waals surface area contributed by atoms with Crippen molar-refractivity contribution in [2.75, 3.05) is 38.6 Å². The average Bonchev–Trinajstić information content (AvgIpc) is 3.17. The summed E-state index contributed by atoms with van der Waals surface area (Å²) >= 11 is 1.66. The highest BCUT2D eigenvalue weighted by molar-refractivity contribution is 7.99. The van der Waals surface area contributed by atoms with Gasteiger partial charge >= 0.3 is 0 Å². The third-order valence-electron chi connectivity index (χ3n) is 4.65. The van der Waals surface area contributed by atoms with E-state index in [0.29, 0.717) is 5.82 Å². The zero-order valence-electron chi connectivity index (χ0n) is 16.0. The highest BCUT2D eigenvalue weighted by Gasteiger charge is 2.17. The number of hydrogen-bond acceptors (Lipinski definition) is 6. The lowest BCUT2D eigenvalue weighted by atomic mass is 10.3. The second kappa shape index (κ2) is 9.87. The predicted octanol–water partition coefficient (Wildman–Crippen LogP) is 3.41. The van der Waals surface area contributed by atoms with Crippen molar-refractivity contribution in [1.29, 1.82) is 0 Å². The van der Waals surface area contributed by atoms with Gasteiger partial charge in [-0.05, 0) is 24.3 Å². The molecule has 0 atom stereocenters. The maximum absolute atomic E-state index is 13.9. The van der Waals surface area contributed by atoms with Gasteiger partial charge in [-0.25, -0.2) is 4.39 Å². The number of benzene rings is 2. The lowest BCUT2D eigenvalue weighted by Gasteiger charge is -2.26. The molecule has 6 nitrogen and oxygen atoms in total. The first-order chi connectivity index (χ1) is 14.3. The van der Waals surface area contributed by atoms with Crippen LogP contribution in [0.1, 0.15) is 5.82 Å². The molecule has 0 radical (unpaired) electrons. The number of aromatic nitrogens is 3. The molecule has 0 bridgehead atoms. The van der Waals surface area contributed by atoms with E-state index in [1.54, 1.807) is 30.0 Å². The van der Waals surface area contributed by atoms with E-state index in [9.17, 15) is 4.39 Å². The molecule has 1 aliphatic heterocycles. The first kappa shape index (κ1) is 19.9. The molecule has 0 unspecified atom stereocenters. The van der Waals surface area contributed by atoms with Gasteiger partial charge in [0, 0.05) is 31.1 Å². The van der Waals surface area contributed by atoms with Crippen LogP contribution in [-0.4, -0.2) is 58.3 Å². The van der Waals surface area contributed by atoms with Crippen molar-refractivity contribution in [3.63, 3.8) is 0 Å². The average molecular weight is 415 g/mol. The van der Waals surface area contributed by atoms with Crippen molar-refractivity contribution in [3.05, 3.63) is 66.2 Å². The summed E-state index contributed by atoms with van der Waals surface area (Å²) < 4.78 is 26.9. The summed E-state index contributed by atoms with van der Waals surface area (Å²) in [6.45, 7) is 4.62. The summed E-state index contributed by atoms with van der Waals surface area (Å²) in [5, 5.41) is 9.49. The highest BCUT2D eigenvalue weighted by atomic mass is 32.2. The van der Waals surface area contributed by atoms with E-state index in [2.05, 4.69) is 15.1 Å². The van der Waals surface area contributed by atoms with Gasteiger partial charge in [0.1, 0.15) is 6.61 Å². The number of hydrogen-bond donors (Lipinski definition) is 0. The molecule has 1 fully saturated rings. The van der Waals surface area contributed by atoms with Gasteiger partial charge in [0.2, 0.25) is 0 Å². The lowest BCUT2D eigenvalue weighted by Crippen LogP contribution is -2.37. The summed E-state index contributed by atoms with van der Waals surface area (Å²) in [5.74, 6) is 1.35. The van der Waals surface area contributed by atoms with Gasteiger partial charge < -0.3 is 9.47 Å². The quantitative estimate of drug-likeness (QED) is 0.527. The second-order valence-corrected chi connectivity index (χ2v) is 7.65. The van der Waals surface area contributed by atoms with Crippen LogP contribution >= 0.6 is 11.8 Å². The summed E-state index contributed by atoms with van der Waals surface area (Å²) in [4.78, 5) is 2.39. The van der Waals surface area contributed by atoms with E-state index in [1.807, 2.05) is 34.9 Å². The molecule has 152 valence electrons. The third kappa shape index (κ3) is 5.14. The zero-order chi connectivity index (χ0) is 19.9. The molecule has 1 saturated heterocycles. The predicted molar refractivity (Wildman–Crippen MR) is 110 cm³/mol. The number of para-hydroxylation sites is 2. The fourth-order valence-electron chi connectivity index (χ4n) is 3.12. The Bertz CT molecular complexity index is 916. The van der Waals surface area contributed by atoms with Crippen LogP contribution in [0.5, 0.6) is 5.75 Å². The van der Waals surface area contributed by atoms with Crippen LogP contribution in [0.15, 0.2) is 59.8 Å². The highest BCUT2D eigenvalue weighted by Crippen LogP contribution is 2.24. The second-order valence-electron chi connectivity index (χ2n) is 6.59. The molecule has 0 aliphatic carbocycles. The smallest absolute Gasteiger partial charge is 0.195 e. The number of morpholine rings is 1. The van der Waals surface area contributed by atoms with E-state index in [0.717, 1.165) is 49.4 Å². The van der Waals surface area contributed by atoms with Gasteiger partial charge in [-0.15, -0.1) is 10.2 Å². The molecular weight excluding hydrogens is 391 g/mol. The number of rotatable bonds is 8. The van der Waals surface area contributed by atoms with Crippen molar-refractivity contribution in [2.24, 2.45) is 0 Å². The molecule has 0 N–H and O–H groups in total. The maximum Gasteiger partial charge on any atom is 0.195 e. The van der Waals surface area contributed by atoms with Crippen LogP contribution < -0.4 is 4.74 Å². The largest absolute Gasteiger partial charge is 0.483 e. The Morgan fingerprint density at radius 3 is 2.55 bits per heavy atom. The topological polar surface area (TPSA) is 52.4 Å². The van der Waals surface area contributed by atoms with E-state index in [-0.39, 0.29) is 12.4 Å². The minimum Gasteiger partial charge on any atom is -0.483 e. The van der Waals surface area contributed by atoms with E-state index in [4.69, 9.17) is 9.47 Å². The maximum atomic E-state index is 13.9. The van der Waals surface area contributed by atoms with Crippen LogP contribution in [0.25, 0.3) is 5.69 Å². The van der Waals surface area contributed by atoms with Crippen LogP contribution in [0.4, 0.5) is 4.39 Å². The van der Waals surface area contributed by atoms with Crippen molar-refractivity contribution < 1.29 is 13.9 Å². The van der Waals surface area contributed by atoms with Crippen molar-refractivity contribution in [3.8, 4) is 11.4 Å². The normalized spacial score (nSPS) is 14.8. The van der Waals surface area contributed by atoms with Crippen LogP contribution in [0.2, 0.25) is 0 Å². The fourth-order valence-corrected chi connectivity index (χ4v) is 4.09. The summed E-state index contributed by atoms with van der Waals surface area (Å²) in [6, 6.07) is 16.3. The van der Waals surface area contributed by atoms with Gasteiger partial charge in [-0.1, -0.05) is 42.1 Å². The summed E-state index contributed by atoms with van der Waals surface area (Å²) in [6.07, 6.45) is 0. The molecule has 4 rings (SSSR count). The van der Waals surface area contributed by atoms with E-state index < -0.39 is 5.82 Å². The fraction of sp³-hybridized carbons (Fsp3) is 0.333. The summed E-state index contributed by atoms with van der Waals surface area (Å²) in [7, 11) is 0. The molecule has 1 aliphatic rings. The van der Waals surface area contributed by atoms with Gasteiger partial charge in [-0.2, -0.15) is 0 Å². The van der Waals surface area contributed by atoms with Gasteiger partial charge in [0.25, 0.3) is 0 Å². The molecule has 29 heavy (non-hydrogen) atoms. The van der Waals surface area contributed by atoms with Crippen LogP contribution in [0.3, 0.4) is 0 Å². The van der Waals surface area contributed by atoms with Crippen molar-refractivity contribution in [2.45, 2.75) is 11.8 Å². The molecule has 0 amide bonds. The Hall–Kier alpha value is -2.42. The first-order valence-electron chi connectivity index (χ1n) is 9.61. The molecule has 3 aromatic rings. The Balaban J connectivity index is 1.48. The van der Waals surface area contributed by atoms with E-state index in [1.165, 1.54) is 6.07 Å².